The molecule has 1 saturated heterocycles. The summed E-state index contributed by atoms with van der Waals surface area (Å²) < 4.78 is 6.26. The summed E-state index contributed by atoms with van der Waals surface area (Å²) in [6.07, 6.45) is 9.10. The largest absolute Gasteiger partial charge is 0.370 e. The standard InChI is InChI=1S/C15H24O/c1-11(2)15-8-7-14(10-15)12(3)5-4-6-13(14)9-16-15/h6,11-12H,4-5,7-10H2,1-3H3/t12-,14-,15+/m1/s1. The molecule has 3 atom stereocenters. The summed E-state index contributed by atoms with van der Waals surface area (Å²) in [4.78, 5) is 0. The van der Waals surface area contributed by atoms with E-state index in [0.29, 0.717) is 11.3 Å². The van der Waals surface area contributed by atoms with Crippen molar-refractivity contribution in [2.75, 3.05) is 6.61 Å². The molecule has 0 aromatic heterocycles. The molecule has 1 nitrogen and oxygen atoms in total. The van der Waals surface area contributed by atoms with Gasteiger partial charge in [-0.25, -0.2) is 0 Å². The second-order valence-corrected chi connectivity index (χ2v) is 6.55. The van der Waals surface area contributed by atoms with E-state index in [9.17, 15) is 0 Å². The highest BCUT2D eigenvalue weighted by Crippen LogP contribution is 2.62. The van der Waals surface area contributed by atoms with Crippen molar-refractivity contribution < 1.29 is 4.74 Å². The van der Waals surface area contributed by atoms with Crippen molar-refractivity contribution >= 4 is 0 Å². The van der Waals surface area contributed by atoms with E-state index in [1.165, 1.54) is 32.1 Å². The summed E-state index contributed by atoms with van der Waals surface area (Å²) in [7, 11) is 0. The molecule has 1 aliphatic heterocycles. The predicted molar refractivity (Wildman–Crippen MR) is 66.3 cm³/mol. The average molecular weight is 220 g/mol. The van der Waals surface area contributed by atoms with Crippen LogP contribution in [0, 0.1) is 17.3 Å². The molecule has 0 radical (unpaired) electrons. The normalized spacial score (nSPS) is 46.8. The molecule has 3 rings (SSSR count). The van der Waals surface area contributed by atoms with Gasteiger partial charge in [-0.15, -0.1) is 0 Å². The van der Waals surface area contributed by atoms with Gasteiger partial charge in [0.2, 0.25) is 0 Å². The van der Waals surface area contributed by atoms with E-state index in [0.717, 1.165) is 12.5 Å². The number of hydrogen-bond acceptors (Lipinski definition) is 1. The van der Waals surface area contributed by atoms with Crippen LogP contribution >= 0.6 is 0 Å². The smallest absolute Gasteiger partial charge is 0.0718 e. The minimum Gasteiger partial charge on any atom is -0.370 e. The number of allylic oxidation sites excluding steroid dienone is 1. The lowest BCUT2D eigenvalue weighted by atomic mass is 9.62. The maximum absolute atomic E-state index is 6.26. The van der Waals surface area contributed by atoms with Gasteiger partial charge in [-0.2, -0.15) is 0 Å². The lowest BCUT2D eigenvalue weighted by Crippen LogP contribution is -2.45. The van der Waals surface area contributed by atoms with E-state index in [2.05, 4.69) is 26.8 Å². The Morgan fingerprint density at radius 2 is 2.19 bits per heavy atom. The first-order valence-electron chi connectivity index (χ1n) is 6.93. The Morgan fingerprint density at radius 3 is 2.94 bits per heavy atom. The molecule has 0 N–H and O–H groups in total. The molecule has 0 aromatic carbocycles. The average Bonchev–Trinajstić information content (AvgIpc) is 2.57. The van der Waals surface area contributed by atoms with Crippen LogP contribution in [0.4, 0.5) is 0 Å². The highest BCUT2D eigenvalue weighted by molar-refractivity contribution is 5.27. The van der Waals surface area contributed by atoms with Gasteiger partial charge in [0.15, 0.2) is 0 Å². The molecule has 1 heteroatoms. The molecule has 0 aromatic rings. The third-order valence-electron chi connectivity index (χ3n) is 5.75. The van der Waals surface area contributed by atoms with Crippen LogP contribution in [0.3, 0.4) is 0 Å². The SMILES string of the molecule is CC(C)[C@]12CC[C@]3(C1)C(=CCC[C@H]3C)CO2. The summed E-state index contributed by atoms with van der Waals surface area (Å²) in [6.45, 7) is 8.06. The highest BCUT2D eigenvalue weighted by Gasteiger charge is 2.57. The quantitative estimate of drug-likeness (QED) is 0.608. The summed E-state index contributed by atoms with van der Waals surface area (Å²) in [5.41, 5.74) is 2.38. The number of hydrogen-bond donors (Lipinski definition) is 0. The molecule has 90 valence electrons. The molecular formula is C15H24O. The van der Waals surface area contributed by atoms with E-state index >= 15 is 0 Å². The number of ether oxygens (including phenoxy) is 1. The molecule has 0 unspecified atom stereocenters. The first-order valence-corrected chi connectivity index (χ1v) is 6.93. The van der Waals surface area contributed by atoms with Gasteiger partial charge in [0.05, 0.1) is 12.2 Å². The summed E-state index contributed by atoms with van der Waals surface area (Å²) in [5, 5.41) is 0. The van der Waals surface area contributed by atoms with Gasteiger partial charge < -0.3 is 4.74 Å². The van der Waals surface area contributed by atoms with Crippen molar-refractivity contribution in [1.82, 2.24) is 0 Å². The fourth-order valence-corrected chi connectivity index (χ4v) is 4.35. The fourth-order valence-electron chi connectivity index (χ4n) is 4.35. The van der Waals surface area contributed by atoms with Crippen LogP contribution in [0.25, 0.3) is 0 Å². The minimum atomic E-state index is 0.211. The molecule has 1 heterocycles. The van der Waals surface area contributed by atoms with Crippen LogP contribution < -0.4 is 0 Å². The molecule has 0 amide bonds. The third kappa shape index (κ3) is 1.21. The molecule has 1 saturated carbocycles. The van der Waals surface area contributed by atoms with Gasteiger partial charge in [-0.1, -0.05) is 26.8 Å². The fraction of sp³-hybridized carbons (Fsp3) is 0.867. The van der Waals surface area contributed by atoms with Gasteiger partial charge in [-0.3, -0.25) is 0 Å². The third-order valence-corrected chi connectivity index (χ3v) is 5.75. The first-order chi connectivity index (χ1) is 7.59. The van der Waals surface area contributed by atoms with Gasteiger partial charge in [0, 0.05) is 0 Å². The lowest BCUT2D eigenvalue weighted by molar-refractivity contribution is -0.0982. The molecule has 2 fully saturated rings. The molecule has 16 heavy (non-hydrogen) atoms. The second kappa shape index (κ2) is 3.35. The summed E-state index contributed by atoms with van der Waals surface area (Å²) in [6, 6.07) is 0. The first kappa shape index (κ1) is 10.8. The van der Waals surface area contributed by atoms with E-state index < -0.39 is 0 Å². The van der Waals surface area contributed by atoms with E-state index in [4.69, 9.17) is 4.74 Å². The molecule has 2 aliphatic carbocycles. The molecule has 2 bridgehead atoms. The maximum Gasteiger partial charge on any atom is 0.0718 e. The van der Waals surface area contributed by atoms with Crippen molar-refractivity contribution in [2.45, 2.75) is 58.5 Å². The van der Waals surface area contributed by atoms with Gasteiger partial charge in [0.1, 0.15) is 0 Å². The minimum absolute atomic E-state index is 0.211. The summed E-state index contributed by atoms with van der Waals surface area (Å²) in [5.74, 6) is 1.54. The van der Waals surface area contributed by atoms with Crippen molar-refractivity contribution in [3.8, 4) is 0 Å². The van der Waals surface area contributed by atoms with Crippen LogP contribution in [0.1, 0.15) is 52.9 Å². The zero-order chi connectivity index (χ0) is 11.4. The predicted octanol–water partition coefficient (Wildman–Crippen LogP) is 3.94. The zero-order valence-electron chi connectivity index (χ0n) is 10.9. The Morgan fingerprint density at radius 1 is 1.38 bits per heavy atom. The molecular weight excluding hydrogens is 196 g/mol. The Kier molecular flexibility index (Phi) is 2.27. The Labute approximate surface area is 99.3 Å². The van der Waals surface area contributed by atoms with Crippen LogP contribution in [0.5, 0.6) is 0 Å². The second-order valence-electron chi connectivity index (χ2n) is 6.55. The van der Waals surface area contributed by atoms with Crippen molar-refractivity contribution in [1.29, 1.82) is 0 Å². The monoisotopic (exact) mass is 220 g/mol. The van der Waals surface area contributed by atoms with Crippen LogP contribution in [-0.4, -0.2) is 12.2 Å². The molecule has 3 aliphatic rings. The maximum atomic E-state index is 6.26. The highest BCUT2D eigenvalue weighted by atomic mass is 16.5. The lowest BCUT2D eigenvalue weighted by Gasteiger charge is -2.48. The van der Waals surface area contributed by atoms with Gasteiger partial charge in [-0.05, 0) is 54.9 Å². The molecule has 1 spiro atoms. The summed E-state index contributed by atoms with van der Waals surface area (Å²) >= 11 is 0. The van der Waals surface area contributed by atoms with Crippen LogP contribution in [-0.2, 0) is 4.74 Å². The zero-order valence-corrected chi connectivity index (χ0v) is 10.9. The number of fused-ring (bicyclic) bond motifs is 1. The Balaban J connectivity index is 1.99. The van der Waals surface area contributed by atoms with Gasteiger partial charge >= 0.3 is 0 Å². The topological polar surface area (TPSA) is 9.23 Å². The van der Waals surface area contributed by atoms with E-state index in [1.54, 1.807) is 5.57 Å². The Hall–Kier alpha value is -0.300. The van der Waals surface area contributed by atoms with Gasteiger partial charge in [0.25, 0.3) is 0 Å². The van der Waals surface area contributed by atoms with E-state index in [1.807, 2.05) is 0 Å². The van der Waals surface area contributed by atoms with Crippen molar-refractivity contribution in [3.05, 3.63) is 11.6 Å². The van der Waals surface area contributed by atoms with Crippen molar-refractivity contribution in [3.63, 3.8) is 0 Å². The van der Waals surface area contributed by atoms with E-state index in [-0.39, 0.29) is 5.60 Å². The Bertz CT molecular complexity index is 330. The van der Waals surface area contributed by atoms with Crippen LogP contribution in [0.15, 0.2) is 11.6 Å². The van der Waals surface area contributed by atoms with Crippen molar-refractivity contribution in [2.24, 2.45) is 17.3 Å². The van der Waals surface area contributed by atoms with Crippen LogP contribution in [0.2, 0.25) is 0 Å². The number of rotatable bonds is 1.